The van der Waals surface area contributed by atoms with E-state index in [1.54, 1.807) is 11.3 Å². The van der Waals surface area contributed by atoms with Crippen LogP contribution in [-0.4, -0.2) is 33.7 Å². The van der Waals surface area contributed by atoms with Gasteiger partial charge in [-0.2, -0.15) is 0 Å². The fourth-order valence-corrected chi connectivity index (χ4v) is 4.66. The van der Waals surface area contributed by atoms with Crippen molar-refractivity contribution in [2.24, 2.45) is 0 Å². The number of rotatable bonds is 2. The largest absolute Gasteiger partial charge is 0.480 e. The highest BCUT2D eigenvalue weighted by molar-refractivity contribution is 7.99. The number of carbonyl (C=O) groups excluding carboxylic acids is 1. The Balaban J connectivity index is 2.33. The van der Waals surface area contributed by atoms with Gasteiger partial charge in [0.05, 0.1) is 0 Å². The summed E-state index contributed by atoms with van der Waals surface area (Å²) in [5, 5.41) is 10.9. The molecule has 2 rings (SSSR count). The molecule has 6 heteroatoms. The topological polar surface area (TPSA) is 57.6 Å². The summed E-state index contributed by atoms with van der Waals surface area (Å²) in [6.45, 7) is 3.41. The quantitative estimate of drug-likeness (QED) is 0.895. The van der Waals surface area contributed by atoms with Crippen LogP contribution >= 0.6 is 23.1 Å². The number of carboxylic acid groups (broad SMARTS) is 1. The normalized spacial score (nSPS) is 24.0. The van der Waals surface area contributed by atoms with Crippen molar-refractivity contribution in [1.29, 1.82) is 0 Å². The molecule has 1 fully saturated rings. The molecule has 2 heterocycles. The van der Waals surface area contributed by atoms with Crippen molar-refractivity contribution in [2.45, 2.75) is 25.3 Å². The van der Waals surface area contributed by atoms with Crippen LogP contribution in [-0.2, 0) is 9.59 Å². The molecule has 17 heavy (non-hydrogen) atoms. The highest BCUT2D eigenvalue weighted by atomic mass is 32.2. The number of carboxylic acids is 1. The fraction of sp³-hybridized carbons (Fsp3) is 0.455. The maximum absolute atomic E-state index is 11.6. The molecular formula is C11H13NO3S2. The SMILES string of the molecule is CC(=O)N1[C@@H](C(=O)O)CS[C@H]1c1sccc1C. The molecule has 0 aromatic carbocycles. The minimum absolute atomic E-state index is 0.145. The molecule has 4 nitrogen and oxygen atoms in total. The first-order valence-corrected chi connectivity index (χ1v) is 7.12. The third-order valence-electron chi connectivity index (χ3n) is 2.78. The van der Waals surface area contributed by atoms with Gasteiger partial charge in [-0.25, -0.2) is 4.79 Å². The van der Waals surface area contributed by atoms with E-state index in [0.29, 0.717) is 5.75 Å². The van der Waals surface area contributed by atoms with Gasteiger partial charge in [-0.05, 0) is 23.9 Å². The standard InChI is InChI=1S/C11H13NO3S2/c1-6-3-4-16-9(6)10-12(7(2)13)8(5-17-10)11(14)15/h3-4,8,10H,5H2,1-2H3,(H,14,15)/t8-,10+/m1/s1. The van der Waals surface area contributed by atoms with E-state index in [1.165, 1.54) is 23.6 Å². The third-order valence-corrected chi connectivity index (χ3v) is 5.28. The summed E-state index contributed by atoms with van der Waals surface area (Å²) in [6.07, 6.45) is 0. The fourth-order valence-electron chi connectivity index (χ4n) is 1.92. The van der Waals surface area contributed by atoms with Crippen LogP contribution in [0.25, 0.3) is 0 Å². The summed E-state index contributed by atoms with van der Waals surface area (Å²) in [5.41, 5.74) is 1.12. The zero-order chi connectivity index (χ0) is 12.6. The van der Waals surface area contributed by atoms with Gasteiger partial charge in [0.2, 0.25) is 5.91 Å². The van der Waals surface area contributed by atoms with Gasteiger partial charge in [0, 0.05) is 17.6 Å². The minimum atomic E-state index is -0.926. The van der Waals surface area contributed by atoms with Crippen molar-refractivity contribution in [3.8, 4) is 0 Å². The highest BCUT2D eigenvalue weighted by Crippen LogP contribution is 2.44. The Morgan fingerprint density at radius 1 is 1.53 bits per heavy atom. The Kier molecular flexibility index (Phi) is 3.44. The molecule has 92 valence electrons. The summed E-state index contributed by atoms with van der Waals surface area (Å²) in [6, 6.07) is 1.29. The van der Waals surface area contributed by atoms with Crippen molar-refractivity contribution < 1.29 is 14.7 Å². The lowest BCUT2D eigenvalue weighted by Crippen LogP contribution is -2.41. The number of thioether (sulfide) groups is 1. The van der Waals surface area contributed by atoms with E-state index >= 15 is 0 Å². The Morgan fingerprint density at radius 3 is 2.71 bits per heavy atom. The molecule has 1 aliphatic rings. The molecule has 0 saturated carbocycles. The van der Waals surface area contributed by atoms with E-state index in [1.807, 2.05) is 18.4 Å². The van der Waals surface area contributed by atoms with Crippen LogP contribution in [0.2, 0.25) is 0 Å². The zero-order valence-electron chi connectivity index (χ0n) is 9.54. The second-order valence-electron chi connectivity index (χ2n) is 3.93. The van der Waals surface area contributed by atoms with Crippen molar-refractivity contribution in [3.63, 3.8) is 0 Å². The van der Waals surface area contributed by atoms with Crippen LogP contribution in [0.3, 0.4) is 0 Å². The Morgan fingerprint density at radius 2 is 2.24 bits per heavy atom. The molecule has 1 aromatic heterocycles. The number of amides is 1. The smallest absolute Gasteiger partial charge is 0.327 e. The van der Waals surface area contributed by atoms with Crippen LogP contribution in [0.1, 0.15) is 22.7 Å². The number of aliphatic carboxylic acids is 1. The molecular weight excluding hydrogens is 258 g/mol. The van der Waals surface area contributed by atoms with Gasteiger partial charge in [0.15, 0.2) is 0 Å². The summed E-state index contributed by atoms with van der Waals surface area (Å²) in [7, 11) is 0. The van der Waals surface area contributed by atoms with Crippen molar-refractivity contribution in [3.05, 3.63) is 21.9 Å². The van der Waals surface area contributed by atoms with Crippen LogP contribution in [0.5, 0.6) is 0 Å². The van der Waals surface area contributed by atoms with E-state index in [9.17, 15) is 9.59 Å². The Labute approximate surface area is 108 Å². The lowest BCUT2D eigenvalue weighted by molar-refractivity contribution is -0.148. The molecule has 0 bridgehead atoms. The van der Waals surface area contributed by atoms with Gasteiger partial charge >= 0.3 is 5.97 Å². The summed E-state index contributed by atoms with van der Waals surface area (Å²) >= 11 is 3.10. The summed E-state index contributed by atoms with van der Waals surface area (Å²) < 4.78 is 0. The molecule has 0 unspecified atom stereocenters. The predicted molar refractivity (Wildman–Crippen MR) is 68.2 cm³/mol. The van der Waals surface area contributed by atoms with Gasteiger partial charge in [-0.1, -0.05) is 0 Å². The highest BCUT2D eigenvalue weighted by Gasteiger charge is 2.41. The van der Waals surface area contributed by atoms with E-state index in [-0.39, 0.29) is 11.3 Å². The van der Waals surface area contributed by atoms with Crippen LogP contribution in [0.15, 0.2) is 11.4 Å². The number of thiophene rings is 1. The van der Waals surface area contributed by atoms with E-state index in [0.717, 1.165) is 10.4 Å². The second kappa shape index (κ2) is 4.70. The van der Waals surface area contributed by atoms with Crippen molar-refractivity contribution >= 4 is 35.0 Å². The van der Waals surface area contributed by atoms with Gasteiger partial charge in [-0.15, -0.1) is 23.1 Å². The first-order valence-electron chi connectivity index (χ1n) is 5.19. The second-order valence-corrected chi connectivity index (χ2v) is 5.99. The maximum atomic E-state index is 11.6. The van der Waals surface area contributed by atoms with Crippen LogP contribution < -0.4 is 0 Å². The first kappa shape index (κ1) is 12.4. The van der Waals surface area contributed by atoms with E-state index < -0.39 is 12.0 Å². The maximum Gasteiger partial charge on any atom is 0.327 e. The van der Waals surface area contributed by atoms with Gasteiger partial charge in [0.1, 0.15) is 11.4 Å². The van der Waals surface area contributed by atoms with Crippen LogP contribution in [0, 0.1) is 6.92 Å². The molecule has 1 aliphatic heterocycles. The number of hydrogen-bond acceptors (Lipinski definition) is 4. The molecule has 0 spiro atoms. The van der Waals surface area contributed by atoms with Gasteiger partial charge in [-0.3, -0.25) is 4.79 Å². The molecule has 0 radical (unpaired) electrons. The Hall–Kier alpha value is -1.01. The lowest BCUT2D eigenvalue weighted by atomic mass is 10.2. The van der Waals surface area contributed by atoms with Crippen molar-refractivity contribution in [1.82, 2.24) is 4.90 Å². The summed E-state index contributed by atoms with van der Waals surface area (Å²) in [4.78, 5) is 25.3. The first-order chi connectivity index (χ1) is 8.02. The minimum Gasteiger partial charge on any atom is -0.480 e. The van der Waals surface area contributed by atoms with Crippen molar-refractivity contribution in [2.75, 3.05) is 5.75 Å². The molecule has 1 aromatic rings. The molecule has 1 amide bonds. The van der Waals surface area contributed by atoms with E-state index in [2.05, 4.69) is 0 Å². The molecule has 2 atom stereocenters. The number of nitrogens with zero attached hydrogens (tertiary/aromatic N) is 1. The number of aryl methyl sites for hydroxylation is 1. The lowest BCUT2D eigenvalue weighted by Gasteiger charge is -2.25. The van der Waals surface area contributed by atoms with Gasteiger partial charge < -0.3 is 10.0 Å². The zero-order valence-corrected chi connectivity index (χ0v) is 11.2. The predicted octanol–water partition coefficient (Wildman–Crippen LogP) is 2.10. The monoisotopic (exact) mass is 271 g/mol. The third kappa shape index (κ3) is 2.19. The number of carbonyl (C=O) groups is 2. The Bertz CT molecular complexity index is 457. The van der Waals surface area contributed by atoms with Gasteiger partial charge in [0.25, 0.3) is 0 Å². The molecule has 1 saturated heterocycles. The average molecular weight is 271 g/mol. The average Bonchev–Trinajstić information content (AvgIpc) is 2.82. The van der Waals surface area contributed by atoms with Crippen LogP contribution in [0.4, 0.5) is 0 Å². The summed E-state index contributed by atoms with van der Waals surface area (Å²) in [5.74, 6) is -0.652. The van der Waals surface area contributed by atoms with E-state index in [4.69, 9.17) is 5.11 Å². The molecule has 0 aliphatic carbocycles. The molecule has 1 N–H and O–H groups in total. The number of hydrogen-bond donors (Lipinski definition) is 1.